The van der Waals surface area contributed by atoms with Crippen molar-refractivity contribution in [3.63, 3.8) is 0 Å². The maximum Gasteiger partial charge on any atom is 0.329 e. The van der Waals surface area contributed by atoms with E-state index in [0.717, 1.165) is 16.0 Å². The van der Waals surface area contributed by atoms with Crippen LogP contribution < -0.4 is 10.1 Å². The van der Waals surface area contributed by atoms with Crippen molar-refractivity contribution in [2.75, 3.05) is 0 Å². The van der Waals surface area contributed by atoms with Crippen LogP contribution >= 0.6 is 31.9 Å². The molecule has 0 saturated carbocycles. The molecule has 0 atom stereocenters. The number of hydrogen-bond donors (Lipinski definition) is 1. The molecule has 1 N–H and O–H groups in total. The zero-order valence-corrected chi connectivity index (χ0v) is 20.7. The SMILES string of the molecule is Cc1cccc(COc2c(Br)cc(/C=C3/NC(=O)N(Cc4ccccc4F)C3=O)cc2Br)c1. The lowest BCUT2D eigenvalue weighted by atomic mass is 10.1. The van der Waals surface area contributed by atoms with Gasteiger partial charge in [-0.1, -0.05) is 48.0 Å². The fourth-order valence-electron chi connectivity index (χ4n) is 3.44. The van der Waals surface area contributed by atoms with E-state index in [0.29, 0.717) is 26.9 Å². The Balaban J connectivity index is 1.51. The van der Waals surface area contributed by atoms with Gasteiger partial charge >= 0.3 is 6.03 Å². The van der Waals surface area contributed by atoms with Crippen LogP contribution in [0.4, 0.5) is 9.18 Å². The maximum atomic E-state index is 14.0. The molecule has 1 fully saturated rings. The van der Waals surface area contributed by atoms with E-state index in [-0.39, 0.29) is 17.8 Å². The van der Waals surface area contributed by atoms with Gasteiger partial charge in [0.1, 0.15) is 23.9 Å². The number of aryl methyl sites for hydroxylation is 1. The fraction of sp³-hybridized carbons (Fsp3) is 0.120. The van der Waals surface area contributed by atoms with Gasteiger partial charge in [-0.3, -0.25) is 9.69 Å². The number of nitrogens with one attached hydrogen (secondary N) is 1. The van der Waals surface area contributed by atoms with Gasteiger partial charge in [0.25, 0.3) is 5.91 Å². The highest BCUT2D eigenvalue weighted by molar-refractivity contribution is 9.11. The Kier molecular flexibility index (Phi) is 6.95. The molecule has 8 heteroatoms. The highest BCUT2D eigenvalue weighted by atomic mass is 79.9. The molecule has 4 rings (SSSR count). The lowest BCUT2D eigenvalue weighted by molar-refractivity contribution is -0.123. The van der Waals surface area contributed by atoms with Crippen LogP contribution in [-0.4, -0.2) is 16.8 Å². The second kappa shape index (κ2) is 9.89. The van der Waals surface area contributed by atoms with Crippen LogP contribution in [0.2, 0.25) is 0 Å². The third kappa shape index (κ3) is 5.34. The number of halogens is 3. The third-order valence-electron chi connectivity index (χ3n) is 5.05. The minimum absolute atomic E-state index is 0.114. The third-order valence-corrected chi connectivity index (χ3v) is 6.22. The molecule has 0 bridgehead atoms. The average molecular weight is 574 g/mol. The molecular formula is C25H19Br2FN2O3. The van der Waals surface area contributed by atoms with Gasteiger partial charge in [-0.15, -0.1) is 0 Å². The van der Waals surface area contributed by atoms with Crippen LogP contribution in [0.5, 0.6) is 5.75 Å². The maximum absolute atomic E-state index is 14.0. The minimum atomic E-state index is -0.592. The highest BCUT2D eigenvalue weighted by Crippen LogP contribution is 2.36. The first-order valence-corrected chi connectivity index (χ1v) is 11.7. The molecule has 1 saturated heterocycles. The van der Waals surface area contributed by atoms with E-state index < -0.39 is 17.8 Å². The van der Waals surface area contributed by atoms with Crippen molar-refractivity contribution in [1.29, 1.82) is 0 Å². The second-order valence-electron chi connectivity index (χ2n) is 7.56. The topological polar surface area (TPSA) is 58.6 Å². The largest absolute Gasteiger partial charge is 0.487 e. The summed E-state index contributed by atoms with van der Waals surface area (Å²) >= 11 is 7.04. The summed E-state index contributed by atoms with van der Waals surface area (Å²) in [4.78, 5) is 26.1. The number of ether oxygens (including phenoxy) is 1. The smallest absolute Gasteiger partial charge is 0.329 e. The molecular weight excluding hydrogens is 555 g/mol. The number of hydrogen-bond acceptors (Lipinski definition) is 3. The lowest BCUT2D eigenvalue weighted by Gasteiger charge is -2.12. The van der Waals surface area contributed by atoms with E-state index in [2.05, 4.69) is 43.2 Å². The van der Waals surface area contributed by atoms with Gasteiger partial charge in [-0.25, -0.2) is 9.18 Å². The van der Waals surface area contributed by atoms with Crippen LogP contribution in [0.1, 0.15) is 22.3 Å². The predicted octanol–water partition coefficient (Wildman–Crippen LogP) is 6.33. The van der Waals surface area contributed by atoms with Crippen LogP contribution in [0.15, 0.2) is 75.3 Å². The van der Waals surface area contributed by atoms with Gasteiger partial charge in [0.2, 0.25) is 0 Å². The zero-order valence-electron chi connectivity index (χ0n) is 17.6. The molecule has 0 unspecified atom stereocenters. The first kappa shape index (κ1) is 23.2. The summed E-state index contributed by atoms with van der Waals surface area (Å²) in [7, 11) is 0. The Hall–Kier alpha value is -2.97. The summed E-state index contributed by atoms with van der Waals surface area (Å²) in [6.45, 7) is 2.28. The van der Waals surface area contributed by atoms with Crippen molar-refractivity contribution >= 4 is 49.9 Å². The molecule has 168 valence electrons. The fourth-order valence-corrected chi connectivity index (χ4v) is 4.89. The minimum Gasteiger partial charge on any atom is -0.487 e. The molecule has 0 radical (unpaired) electrons. The standard InChI is InChI=1S/C25H19Br2FN2O3/c1-15-5-4-6-16(9-15)14-33-23-19(26)10-17(11-20(23)27)12-22-24(31)30(25(32)29-22)13-18-7-2-3-8-21(18)28/h2-12H,13-14H2,1H3,(H,29,32)/b22-12+. The van der Waals surface area contributed by atoms with Crippen molar-refractivity contribution < 1.29 is 18.7 Å². The first-order valence-electron chi connectivity index (χ1n) is 10.1. The molecule has 33 heavy (non-hydrogen) atoms. The molecule has 3 aromatic rings. The van der Waals surface area contributed by atoms with E-state index in [1.807, 2.05) is 25.1 Å². The second-order valence-corrected chi connectivity index (χ2v) is 9.27. The van der Waals surface area contributed by atoms with Gasteiger partial charge in [-0.2, -0.15) is 0 Å². The summed E-state index contributed by atoms with van der Waals surface area (Å²) in [6, 6.07) is 17.1. The summed E-state index contributed by atoms with van der Waals surface area (Å²) in [5.74, 6) is -0.360. The number of nitrogens with zero attached hydrogens (tertiary/aromatic N) is 1. The quantitative estimate of drug-likeness (QED) is 0.277. The van der Waals surface area contributed by atoms with E-state index in [1.165, 1.54) is 6.07 Å². The van der Waals surface area contributed by atoms with E-state index in [9.17, 15) is 14.0 Å². The van der Waals surface area contributed by atoms with E-state index in [1.54, 1.807) is 36.4 Å². The van der Waals surface area contributed by atoms with E-state index in [4.69, 9.17) is 4.74 Å². The van der Waals surface area contributed by atoms with Crippen LogP contribution in [-0.2, 0) is 17.9 Å². The number of carbonyl (C=O) groups is 2. The molecule has 0 aliphatic carbocycles. The predicted molar refractivity (Wildman–Crippen MR) is 131 cm³/mol. The number of benzene rings is 3. The molecule has 3 amide bonds. The Morgan fingerprint density at radius 3 is 2.45 bits per heavy atom. The average Bonchev–Trinajstić information content (AvgIpc) is 3.02. The number of carbonyl (C=O) groups excluding carboxylic acids is 2. The Morgan fingerprint density at radius 2 is 1.76 bits per heavy atom. The first-order chi connectivity index (χ1) is 15.8. The molecule has 1 aliphatic heterocycles. The lowest BCUT2D eigenvalue weighted by Crippen LogP contribution is -2.30. The monoisotopic (exact) mass is 572 g/mol. The van der Waals surface area contributed by atoms with Gasteiger partial charge in [0.05, 0.1) is 15.5 Å². The number of rotatable bonds is 6. The van der Waals surface area contributed by atoms with Crippen LogP contribution in [0.3, 0.4) is 0 Å². The van der Waals surface area contributed by atoms with E-state index >= 15 is 0 Å². The summed E-state index contributed by atoms with van der Waals surface area (Å²) < 4.78 is 21.3. The molecule has 5 nitrogen and oxygen atoms in total. The van der Waals surface area contributed by atoms with Gasteiger partial charge in [0, 0.05) is 5.56 Å². The zero-order chi connectivity index (χ0) is 23.5. The van der Waals surface area contributed by atoms with Crippen molar-refractivity contribution in [3.8, 4) is 5.75 Å². The number of imide groups is 1. The van der Waals surface area contributed by atoms with Gasteiger partial charge in [0.15, 0.2) is 0 Å². The molecule has 0 spiro atoms. The summed E-state index contributed by atoms with van der Waals surface area (Å²) in [5, 5.41) is 2.56. The highest BCUT2D eigenvalue weighted by Gasteiger charge is 2.34. The molecule has 3 aromatic carbocycles. The molecule has 0 aromatic heterocycles. The van der Waals surface area contributed by atoms with Gasteiger partial charge < -0.3 is 10.1 Å². The number of amides is 3. The van der Waals surface area contributed by atoms with Gasteiger partial charge in [-0.05, 0) is 74.2 Å². The van der Waals surface area contributed by atoms with Crippen molar-refractivity contribution in [2.45, 2.75) is 20.1 Å². The Labute approximate surface area is 207 Å². The Morgan fingerprint density at radius 1 is 1.03 bits per heavy atom. The van der Waals surface area contributed by atoms with Crippen molar-refractivity contribution in [1.82, 2.24) is 10.2 Å². The summed E-state index contributed by atoms with van der Waals surface area (Å²) in [5.41, 5.74) is 3.26. The van der Waals surface area contributed by atoms with Crippen molar-refractivity contribution in [2.24, 2.45) is 0 Å². The normalized spacial score (nSPS) is 14.7. The Bertz CT molecular complexity index is 1250. The molecule has 1 heterocycles. The van der Waals surface area contributed by atoms with Crippen LogP contribution in [0, 0.1) is 12.7 Å². The molecule has 1 aliphatic rings. The van der Waals surface area contributed by atoms with Crippen molar-refractivity contribution in [3.05, 3.63) is 103 Å². The summed E-state index contributed by atoms with van der Waals surface area (Å²) in [6.07, 6.45) is 1.57. The van der Waals surface area contributed by atoms with Crippen LogP contribution in [0.25, 0.3) is 6.08 Å². The number of urea groups is 1.